The number of nitrogens with zero attached hydrogens (tertiary/aromatic N) is 1. The molecule has 1 N–H and O–H groups in total. The highest BCUT2D eigenvalue weighted by molar-refractivity contribution is 5.78. The summed E-state index contributed by atoms with van der Waals surface area (Å²) in [7, 11) is 3.17. The van der Waals surface area contributed by atoms with Crippen molar-refractivity contribution in [2.45, 2.75) is 25.9 Å². The van der Waals surface area contributed by atoms with Crippen molar-refractivity contribution < 1.29 is 19.0 Å². The summed E-state index contributed by atoms with van der Waals surface area (Å²) >= 11 is 0. The van der Waals surface area contributed by atoms with Crippen LogP contribution in [-0.4, -0.2) is 37.8 Å². The van der Waals surface area contributed by atoms with Gasteiger partial charge in [0.1, 0.15) is 11.9 Å². The molecule has 0 saturated heterocycles. The van der Waals surface area contributed by atoms with Gasteiger partial charge in [-0.05, 0) is 60.0 Å². The molecule has 2 aromatic carbocycles. The van der Waals surface area contributed by atoms with Crippen LogP contribution >= 0.6 is 0 Å². The lowest BCUT2D eigenvalue weighted by atomic mass is 10.0. The van der Waals surface area contributed by atoms with E-state index in [-0.39, 0.29) is 18.4 Å². The summed E-state index contributed by atoms with van der Waals surface area (Å²) in [6.45, 7) is 2.48. The minimum absolute atomic E-state index is 0.0590. The number of hydrogen-bond acceptors (Lipinski definition) is 5. The van der Waals surface area contributed by atoms with Crippen molar-refractivity contribution in [1.82, 2.24) is 10.3 Å². The topological polar surface area (TPSA) is 69.7 Å². The third-order valence-electron chi connectivity index (χ3n) is 5.35. The molecular weight excluding hydrogens is 392 g/mol. The SMILES string of the molecule is COc1ccc(CC(=O)NC[C@@H]2Cc3cc(-c4ccc(C)cn4)ccc3O2)cc1OC. The fourth-order valence-electron chi connectivity index (χ4n) is 3.70. The highest BCUT2D eigenvalue weighted by Gasteiger charge is 2.24. The van der Waals surface area contributed by atoms with E-state index in [0.717, 1.165) is 40.1 Å². The Morgan fingerprint density at radius 1 is 1.10 bits per heavy atom. The Bertz CT molecular complexity index is 1080. The number of amides is 1. The molecule has 1 atom stereocenters. The lowest BCUT2D eigenvalue weighted by Crippen LogP contribution is -2.35. The second-order valence-electron chi connectivity index (χ2n) is 7.66. The van der Waals surface area contributed by atoms with Crippen molar-refractivity contribution in [3.63, 3.8) is 0 Å². The quantitative estimate of drug-likeness (QED) is 0.633. The Kier molecular flexibility index (Phi) is 6.07. The average Bonchev–Trinajstić information content (AvgIpc) is 3.20. The molecule has 31 heavy (non-hydrogen) atoms. The monoisotopic (exact) mass is 418 g/mol. The van der Waals surface area contributed by atoms with Gasteiger partial charge >= 0.3 is 0 Å². The number of pyridine rings is 1. The molecule has 4 rings (SSSR count). The lowest BCUT2D eigenvalue weighted by Gasteiger charge is -2.13. The van der Waals surface area contributed by atoms with Gasteiger partial charge in [-0.3, -0.25) is 9.78 Å². The first-order valence-electron chi connectivity index (χ1n) is 10.3. The predicted molar refractivity (Wildman–Crippen MR) is 119 cm³/mol. The molecule has 0 radical (unpaired) electrons. The van der Waals surface area contributed by atoms with Crippen LogP contribution in [0.2, 0.25) is 0 Å². The van der Waals surface area contributed by atoms with Crippen molar-refractivity contribution >= 4 is 5.91 Å². The molecule has 6 heteroatoms. The Labute approximate surface area is 182 Å². The average molecular weight is 418 g/mol. The fraction of sp³-hybridized carbons (Fsp3) is 0.280. The molecule has 0 unspecified atom stereocenters. The Balaban J connectivity index is 1.33. The van der Waals surface area contributed by atoms with Gasteiger partial charge in [0, 0.05) is 18.2 Å². The molecule has 0 spiro atoms. The van der Waals surface area contributed by atoms with E-state index in [2.05, 4.69) is 22.4 Å². The standard InChI is InChI=1S/C25H26N2O4/c1-16-4-7-21(26-14-16)18-6-9-22-19(12-18)13-20(31-22)15-27-25(28)11-17-5-8-23(29-2)24(10-17)30-3/h4-10,12,14,20H,11,13,15H2,1-3H3,(H,27,28)/t20-/m0/s1. The zero-order valence-corrected chi connectivity index (χ0v) is 18.0. The van der Waals surface area contributed by atoms with Gasteiger partial charge in [-0.1, -0.05) is 12.1 Å². The van der Waals surface area contributed by atoms with E-state index in [4.69, 9.17) is 14.2 Å². The molecule has 160 valence electrons. The second kappa shape index (κ2) is 9.08. The molecule has 1 aliphatic heterocycles. The number of aromatic nitrogens is 1. The number of benzene rings is 2. The molecule has 2 heterocycles. The number of aryl methyl sites for hydroxylation is 1. The maximum atomic E-state index is 12.4. The van der Waals surface area contributed by atoms with E-state index in [1.165, 1.54) is 0 Å². The van der Waals surface area contributed by atoms with Gasteiger partial charge in [0.25, 0.3) is 0 Å². The van der Waals surface area contributed by atoms with Crippen molar-refractivity contribution in [2.24, 2.45) is 0 Å². The van der Waals surface area contributed by atoms with E-state index in [1.54, 1.807) is 20.3 Å². The first-order valence-corrected chi connectivity index (χ1v) is 10.3. The zero-order valence-electron chi connectivity index (χ0n) is 18.0. The molecule has 1 aromatic heterocycles. The maximum absolute atomic E-state index is 12.4. The number of fused-ring (bicyclic) bond motifs is 1. The van der Waals surface area contributed by atoms with Crippen LogP contribution in [0.25, 0.3) is 11.3 Å². The smallest absolute Gasteiger partial charge is 0.224 e. The number of methoxy groups -OCH3 is 2. The van der Waals surface area contributed by atoms with Gasteiger partial charge in [-0.2, -0.15) is 0 Å². The molecule has 6 nitrogen and oxygen atoms in total. The molecule has 1 amide bonds. The van der Waals surface area contributed by atoms with Crippen LogP contribution in [0, 0.1) is 6.92 Å². The van der Waals surface area contributed by atoms with E-state index in [9.17, 15) is 4.79 Å². The maximum Gasteiger partial charge on any atom is 0.224 e. The highest BCUT2D eigenvalue weighted by Crippen LogP contribution is 2.32. The number of ether oxygens (including phenoxy) is 3. The Morgan fingerprint density at radius 2 is 1.94 bits per heavy atom. The first-order chi connectivity index (χ1) is 15.1. The number of carbonyl (C=O) groups is 1. The molecular formula is C25H26N2O4. The summed E-state index contributed by atoms with van der Waals surface area (Å²) in [5, 5.41) is 2.98. The lowest BCUT2D eigenvalue weighted by molar-refractivity contribution is -0.120. The van der Waals surface area contributed by atoms with Crippen LogP contribution in [0.15, 0.2) is 54.7 Å². The van der Waals surface area contributed by atoms with Crippen LogP contribution in [-0.2, 0) is 17.6 Å². The third kappa shape index (κ3) is 4.79. The van der Waals surface area contributed by atoms with Gasteiger partial charge in [0.05, 0.1) is 32.9 Å². The van der Waals surface area contributed by atoms with E-state index < -0.39 is 0 Å². The highest BCUT2D eigenvalue weighted by atomic mass is 16.5. The van der Waals surface area contributed by atoms with Crippen molar-refractivity contribution in [1.29, 1.82) is 0 Å². The minimum atomic E-state index is -0.0782. The number of nitrogens with one attached hydrogen (secondary N) is 1. The summed E-state index contributed by atoms with van der Waals surface area (Å²) < 4.78 is 16.6. The summed E-state index contributed by atoms with van der Waals surface area (Å²) in [5.74, 6) is 2.07. The molecule has 0 bridgehead atoms. The van der Waals surface area contributed by atoms with Crippen molar-refractivity contribution in [2.75, 3.05) is 20.8 Å². The molecule has 1 aliphatic rings. The second-order valence-corrected chi connectivity index (χ2v) is 7.66. The van der Waals surface area contributed by atoms with Gasteiger partial charge in [0.2, 0.25) is 5.91 Å². The van der Waals surface area contributed by atoms with Crippen LogP contribution in [0.3, 0.4) is 0 Å². The van der Waals surface area contributed by atoms with Crippen LogP contribution < -0.4 is 19.5 Å². The normalized spacial score (nSPS) is 14.5. The Morgan fingerprint density at radius 3 is 2.68 bits per heavy atom. The minimum Gasteiger partial charge on any atom is -0.493 e. The van der Waals surface area contributed by atoms with Gasteiger partial charge in [0.15, 0.2) is 11.5 Å². The van der Waals surface area contributed by atoms with Crippen molar-refractivity contribution in [3.05, 3.63) is 71.4 Å². The van der Waals surface area contributed by atoms with Crippen LogP contribution in [0.4, 0.5) is 0 Å². The molecule has 0 saturated carbocycles. The summed E-state index contributed by atoms with van der Waals surface area (Å²) in [6, 6.07) is 15.7. The van der Waals surface area contributed by atoms with E-state index in [0.29, 0.717) is 18.0 Å². The number of rotatable bonds is 7. The van der Waals surface area contributed by atoms with E-state index in [1.807, 2.05) is 43.5 Å². The number of hydrogen-bond donors (Lipinski definition) is 1. The summed E-state index contributed by atoms with van der Waals surface area (Å²) in [6.07, 6.45) is 2.82. The molecule has 0 fully saturated rings. The van der Waals surface area contributed by atoms with E-state index >= 15 is 0 Å². The van der Waals surface area contributed by atoms with Crippen molar-refractivity contribution in [3.8, 4) is 28.5 Å². The van der Waals surface area contributed by atoms with Crippen LogP contribution in [0.5, 0.6) is 17.2 Å². The summed E-state index contributed by atoms with van der Waals surface area (Å²) in [5.41, 5.74) is 5.15. The fourth-order valence-corrected chi connectivity index (χ4v) is 3.70. The molecule has 0 aliphatic carbocycles. The van der Waals surface area contributed by atoms with Crippen LogP contribution in [0.1, 0.15) is 16.7 Å². The zero-order chi connectivity index (χ0) is 21.8. The van der Waals surface area contributed by atoms with Gasteiger partial charge in [-0.15, -0.1) is 0 Å². The predicted octanol–water partition coefficient (Wildman–Crippen LogP) is 3.74. The Hall–Kier alpha value is -3.54. The largest absolute Gasteiger partial charge is 0.493 e. The molecule has 3 aromatic rings. The van der Waals surface area contributed by atoms with Gasteiger partial charge < -0.3 is 19.5 Å². The van der Waals surface area contributed by atoms with Gasteiger partial charge in [-0.25, -0.2) is 0 Å². The first kappa shape index (κ1) is 20.7. The third-order valence-corrected chi connectivity index (χ3v) is 5.35. The number of carbonyl (C=O) groups excluding carboxylic acids is 1. The summed E-state index contributed by atoms with van der Waals surface area (Å²) in [4.78, 5) is 16.9.